The van der Waals surface area contributed by atoms with Gasteiger partial charge in [-0.2, -0.15) is 0 Å². The second-order valence-electron chi connectivity index (χ2n) is 5.65. The molecule has 1 aromatic heterocycles. The van der Waals surface area contributed by atoms with Gasteiger partial charge >= 0.3 is 0 Å². The van der Waals surface area contributed by atoms with Crippen molar-refractivity contribution < 1.29 is 4.74 Å². The fraction of sp³-hybridized carbons (Fsp3) is 0.750. The van der Waals surface area contributed by atoms with E-state index in [1.54, 1.807) is 11.3 Å². The van der Waals surface area contributed by atoms with Crippen molar-refractivity contribution in [2.45, 2.75) is 39.8 Å². The van der Waals surface area contributed by atoms with E-state index in [1.165, 1.54) is 4.88 Å². The van der Waals surface area contributed by atoms with E-state index in [4.69, 9.17) is 4.74 Å². The predicted molar refractivity (Wildman–Crippen MR) is 112 cm³/mol. The molecule has 2 heterocycles. The standard InChI is InChI=1S/C16H29N5OS.HI/c1-4-14-11-18-15(23-14)12-20-16(17-5-2)19-10-13(3)21-6-8-22-9-7-21;/h11,13H,4-10,12H2,1-3H3,(H2,17,19,20);1H. The summed E-state index contributed by atoms with van der Waals surface area (Å²) in [5, 5.41) is 7.82. The summed E-state index contributed by atoms with van der Waals surface area (Å²) in [7, 11) is 0. The topological polar surface area (TPSA) is 61.8 Å². The second-order valence-corrected chi connectivity index (χ2v) is 6.85. The van der Waals surface area contributed by atoms with Crippen molar-refractivity contribution in [2.75, 3.05) is 39.4 Å². The van der Waals surface area contributed by atoms with Crippen molar-refractivity contribution in [3.05, 3.63) is 16.1 Å². The number of aliphatic imine (C=N–C) groups is 1. The lowest BCUT2D eigenvalue weighted by atomic mass is 10.2. The average molecular weight is 467 g/mol. The van der Waals surface area contributed by atoms with Gasteiger partial charge in [0.05, 0.1) is 19.8 Å². The molecule has 0 amide bonds. The van der Waals surface area contributed by atoms with E-state index >= 15 is 0 Å². The van der Waals surface area contributed by atoms with Gasteiger partial charge in [0.2, 0.25) is 0 Å². The highest BCUT2D eigenvalue weighted by molar-refractivity contribution is 14.0. The Bertz CT molecular complexity index is 491. The van der Waals surface area contributed by atoms with Crippen LogP contribution in [0.15, 0.2) is 11.2 Å². The summed E-state index contributed by atoms with van der Waals surface area (Å²) in [5.41, 5.74) is 0. The number of halogens is 1. The molecule has 1 aliphatic rings. The molecule has 1 atom stereocenters. The first kappa shape index (κ1) is 21.6. The number of ether oxygens (including phenoxy) is 1. The molecule has 0 spiro atoms. The molecule has 2 rings (SSSR count). The summed E-state index contributed by atoms with van der Waals surface area (Å²) >= 11 is 1.74. The summed E-state index contributed by atoms with van der Waals surface area (Å²) in [6, 6.07) is 0.467. The molecule has 0 aliphatic carbocycles. The van der Waals surface area contributed by atoms with Gasteiger partial charge in [0, 0.05) is 43.3 Å². The molecular formula is C16H30IN5OS. The van der Waals surface area contributed by atoms with Crippen LogP contribution in [0.3, 0.4) is 0 Å². The van der Waals surface area contributed by atoms with Crippen molar-refractivity contribution in [2.24, 2.45) is 4.99 Å². The van der Waals surface area contributed by atoms with Gasteiger partial charge < -0.3 is 15.4 Å². The summed E-state index contributed by atoms with van der Waals surface area (Å²) in [5.74, 6) is 0.862. The van der Waals surface area contributed by atoms with Crippen LogP contribution >= 0.6 is 35.3 Å². The van der Waals surface area contributed by atoms with Gasteiger partial charge in [-0.15, -0.1) is 35.3 Å². The largest absolute Gasteiger partial charge is 0.379 e. The van der Waals surface area contributed by atoms with Crippen LogP contribution in [-0.2, 0) is 17.7 Å². The van der Waals surface area contributed by atoms with Crippen LogP contribution in [0.2, 0.25) is 0 Å². The first-order valence-corrected chi connectivity index (χ1v) is 9.32. The maximum atomic E-state index is 5.41. The van der Waals surface area contributed by atoms with E-state index in [0.717, 1.165) is 56.8 Å². The van der Waals surface area contributed by atoms with Crippen LogP contribution in [-0.4, -0.2) is 61.3 Å². The molecule has 0 radical (unpaired) electrons. The molecule has 1 saturated heterocycles. The number of thiazole rings is 1. The third-order valence-corrected chi connectivity index (χ3v) is 5.03. The number of guanidine groups is 1. The smallest absolute Gasteiger partial charge is 0.191 e. The van der Waals surface area contributed by atoms with Gasteiger partial charge in [0.15, 0.2) is 5.96 Å². The number of hydrogen-bond acceptors (Lipinski definition) is 5. The minimum absolute atomic E-state index is 0. The van der Waals surface area contributed by atoms with E-state index in [0.29, 0.717) is 12.6 Å². The highest BCUT2D eigenvalue weighted by Gasteiger charge is 2.16. The molecule has 0 saturated carbocycles. The van der Waals surface area contributed by atoms with Gasteiger partial charge in [-0.3, -0.25) is 4.90 Å². The van der Waals surface area contributed by atoms with Gasteiger partial charge in [-0.05, 0) is 20.3 Å². The van der Waals surface area contributed by atoms with Gasteiger partial charge in [0.1, 0.15) is 5.01 Å². The maximum absolute atomic E-state index is 5.41. The van der Waals surface area contributed by atoms with Crippen LogP contribution in [0, 0.1) is 0 Å². The molecular weight excluding hydrogens is 437 g/mol. The van der Waals surface area contributed by atoms with E-state index in [2.05, 4.69) is 46.3 Å². The second kappa shape index (κ2) is 12.0. The number of aryl methyl sites for hydroxylation is 1. The summed E-state index contributed by atoms with van der Waals surface area (Å²) in [6.07, 6.45) is 2.99. The Kier molecular flexibility index (Phi) is 10.8. The normalized spacial score (nSPS) is 17.2. The van der Waals surface area contributed by atoms with Crippen molar-refractivity contribution in [3.8, 4) is 0 Å². The van der Waals surface area contributed by atoms with E-state index in [9.17, 15) is 0 Å². The molecule has 1 aromatic rings. The lowest BCUT2D eigenvalue weighted by Gasteiger charge is -2.32. The Balaban J connectivity index is 0.00000288. The van der Waals surface area contributed by atoms with Crippen LogP contribution in [0.1, 0.15) is 30.7 Å². The molecule has 1 fully saturated rings. The SMILES string of the molecule is CCNC(=NCc1ncc(CC)s1)NCC(C)N1CCOCC1.I. The Morgan fingerprint density at radius 1 is 1.38 bits per heavy atom. The summed E-state index contributed by atoms with van der Waals surface area (Å²) < 4.78 is 5.41. The van der Waals surface area contributed by atoms with Gasteiger partial charge in [-0.25, -0.2) is 9.98 Å². The number of nitrogens with one attached hydrogen (secondary N) is 2. The first-order chi connectivity index (χ1) is 11.2. The number of nitrogens with zero attached hydrogens (tertiary/aromatic N) is 3. The van der Waals surface area contributed by atoms with E-state index in [-0.39, 0.29) is 24.0 Å². The fourth-order valence-corrected chi connectivity index (χ4v) is 3.25. The zero-order chi connectivity index (χ0) is 16.5. The minimum Gasteiger partial charge on any atom is -0.379 e. The first-order valence-electron chi connectivity index (χ1n) is 8.50. The van der Waals surface area contributed by atoms with E-state index < -0.39 is 0 Å². The van der Waals surface area contributed by atoms with E-state index in [1.807, 2.05) is 6.20 Å². The van der Waals surface area contributed by atoms with Gasteiger partial charge in [0.25, 0.3) is 0 Å². The molecule has 0 bridgehead atoms. The highest BCUT2D eigenvalue weighted by Crippen LogP contribution is 2.13. The lowest BCUT2D eigenvalue weighted by molar-refractivity contribution is 0.0211. The molecule has 6 nitrogen and oxygen atoms in total. The highest BCUT2D eigenvalue weighted by atomic mass is 127. The molecule has 138 valence electrons. The Hall–Kier alpha value is -0.450. The Labute approximate surface area is 166 Å². The third kappa shape index (κ3) is 7.20. The molecule has 8 heteroatoms. The average Bonchev–Trinajstić information content (AvgIpc) is 3.06. The van der Waals surface area contributed by atoms with Crippen molar-refractivity contribution in [3.63, 3.8) is 0 Å². The fourth-order valence-electron chi connectivity index (χ4n) is 2.46. The minimum atomic E-state index is 0. The van der Waals surface area contributed by atoms with Crippen molar-refractivity contribution in [1.29, 1.82) is 0 Å². The van der Waals surface area contributed by atoms with Gasteiger partial charge in [-0.1, -0.05) is 6.92 Å². The number of rotatable bonds is 7. The molecule has 24 heavy (non-hydrogen) atoms. The molecule has 2 N–H and O–H groups in total. The maximum Gasteiger partial charge on any atom is 0.191 e. The lowest BCUT2D eigenvalue weighted by Crippen LogP contribution is -2.49. The number of morpholine rings is 1. The van der Waals surface area contributed by atoms with Crippen LogP contribution < -0.4 is 10.6 Å². The van der Waals surface area contributed by atoms with Crippen LogP contribution in [0.4, 0.5) is 0 Å². The quantitative estimate of drug-likeness (QED) is 0.366. The molecule has 0 aromatic carbocycles. The molecule has 1 aliphatic heterocycles. The number of aromatic nitrogens is 1. The van der Waals surface area contributed by atoms with Crippen molar-refractivity contribution in [1.82, 2.24) is 20.5 Å². The van der Waals surface area contributed by atoms with Crippen molar-refractivity contribution >= 4 is 41.3 Å². The Morgan fingerprint density at radius 2 is 2.12 bits per heavy atom. The zero-order valence-corrected chi connectivity index (χ0v) is 18.0. The zero-order valence-electron chi connectivity index (χ0n) is 14.9. The van der Waals surface area contributed by atoms with Crippen LogP contribution in [0.5, 0.6) is 0 Å². The summed E-state index contributed by atoms with van der Waals surface area (Å²) in [4.78, 5) is 12.8. The number of hydrogen-bond donors (Lipinski definition) is 2. The third-order valence-electron chi connectivity index (χ3n) is 3.90. The summed E-state index contributed by atoms with van der Waals surface area (Å²) in [6.45, 7) is 12.5. The monoisotopic (exact) mass is 467 g/mol. The predicted octanol–water partition coefficient (Wildman–Crippen LogP) is 2.10. The molecule has 1 unspecified atom stereocenters. The Morgan fingerprint density at radius 3 is 2.75 bits per heavy atom. The van der Waals surface area contributed by atoms with Crippen LogP contribution in [0.25, 0.3) is 0 Å².